The molecule has 6 nitrogen and oxygen atoms in total. The molecule has 0 bridgehead atoms. The first-order valence-electron chi connectivity index (χ1n) is 6.86. The van der Waals surface area contributed by atoms with Gasteiger partial charge in [-0.25, -0.2) is 4.79 Å². The van der Waals surface area contributed by atoms with Gasteiger partial charge in [-0.3, -0.25) is 4.57 Å². The Hall–Kier alpha value is -2.58. The maximum Gasteiger partial charge on any atom is 0.408 e. The Kier molecular flexibility index (Phi) is 4.87. The summed E-state index contributed by atoms with van der Waals surface area (Å²) < 4.78 is 40.2. The first-order valence-corrected chi connectivity index (χ1v) is 6.86. The minimum Gasteiger partial charge on any atom is -0.326 e. The first kappa shape index (κ1) is 16.8. The monoisotopic (exact) mass is 327 g/mol. The molecule has 0 aliphatic rings. The highest BCUT2D eigenvalue weighted by molar-refractivity contribution is 5.89. The standard InChI is InChI=1S/C14H16F3N5O/c1-9(2)12(14(15,16)17)21-13(23)20-10-4-3-5-11(6-10)22-7-18-19-8-22/h3-9,12H,1-2H3,(H2,20,21,23)/t12-/m1/s1. The summed E-state index contributed by atoms with van der Waals surface area (Å²) in [4.78, 5) is 11.8. The van der Waals surface area contributed by atoms with E-state index in [1.165, 1.54) is 26.5 Å². The zero-order valence-corrected chi connectivity index (χ0v) is 12.5. The van der Waals surface area contributed by atoms with E-state index in [-0.39, 0.29) is 0 Å². The van der Waals surface area contributed by atoms with Gasteiger partial charge < -0.3 is 10.6 Å². The molecule has 2 rings (SSSR count). The van der Waals surface area contributed by atoms with E-state index in [0.717, 1.165) is 0 Å². The second-order valence-corrected chi connectivity index (χ2v) is 5.28. The molecule has 0 fully saturated rings. The van der Waals surface area contributed by atoms with Crippen LogP contribution in [0.3, 0.4) is 0 Å². The van der Waals surface area contributed by atoms with Gasteiger partial charge in [0, 0.05) is 5.69 Å². The van der Waals surface area contributed by atoms with Crippen LogP contribution in [0.5, 0.6) is 0 Å². The average Bonchev–Trinajstić information content (AvgIpc) is 2.97. The Labute approximate surface area is 130 Å². The van der Waals surface area contributed by atoms with Crippen LogP contribution in [0.15, 0.2) is 36.9 Å². The fraction of sp³-hybridized carbons (Fsp3) is 0.357. The number of aromatic nitrogens is 3. The number of nitrogens with one attached hydrogen (secondary N) is 2. The average molecular weight is 327 g/mol. The number of hydrogen-bond donors (Lipinski definition) is 2. The number of rotatable bonds is 4. The van der Waals surface area contributed by atoms with E-state index in [2.05, 4.69) is 15.5 Å². The molecule has 0 saturated heterocycles. The van der Waals surface area contributed by atoms with E-state index in [1.54, 1.807) is 28.8 Å². The molecule has 0 radical (unpaired) electrons. The number of amides is 2. The van der Waals surface area contributed by atoms with Gasteiger partial charge in [0.05, 0.1) is 5.69 Å². The number of halogens is 3. The van der Waals surface area contributed by atoms with Crippen LogP contribution >= 0.6 is 0 Å². The third-order valence-electron chi connectivity index (χ3n) is 3.13. The van der Waals surface area contributed by atoms with Gasteiger partial charge in [0.1, 0.15) is 18.7 Å². The van der Waals surface area contributed by atoms with Crippen LogP contribution in [0.1, 0.15) is 13.8 Å². The van der Waals surface area contributed by atoms with Crippen LogP contribution in [-0.4, -0.2) is 33.0 Å². The van der Waals surface area contributed by atoms with Crippen molar-refractivity contribution in [2.45, 2.75) is 26.1 Å². The van der Waals surface area contributed by atoms with Gasteiger partial charge in [-0.1, -0.05) is 19.9 Å². The second-order valence-electron chi connectivity index (χ2n) is 5.28. The Morgan fingerprint density at radius 1 is 1.22 bits per heavy atom. The van der Waals surface area contributed by atoms with E-state index in [1.807, 2.05) is 5.32 Å². The number of hydrogen-bond acceptors (Lipinski definition) is 3. The predicted molar refractivity (Wildman–Crippen MR) is 78.2 cm³/mol. The summed E-state index contributed by atoms with van der Waals surface area (Å²) in [6.07, 6.45) is -1.56. The highest BCUT2D eigenvalue weighted by Crippen LogP contribution is 2.25. The maximum atomic E-state index is 12.9. The van der Waals surface area contributed by atoms with Crippen molar-refractivity contribution in [2.24, 2.45) is 5.92 Å². The summed E-state index contributed by atoms with van der Waals surface area (Å²) in [5, 5.41) is 11.7. The number of benzene rings is 1. The number of anilines is 1. The Morgan fingerprint density at radius 2 is 1.87 bits per heavy atom. The molecule has 1 atom stereocenters. The highest BCUT2D eigenvalue weighted by atomic mass is 19.4. The molecule has 124 valence electrons. The van der Waals surface area contributed by atoms with Gasteiger partial charge in [0.25, 0.3) is 0 Å². The molecule has 23 heavy (non-hydrogen) atoms. The smallest absolute Gasteiger partial charge is 0.326 e. The SMILES string of the molecule is CC(C)[C@@H](NC(=O)Nc1cccc(-n2cnnc2)c1)C(F)(F)F. The summed E-state index contributed by atoms with van der Waals surface area (Å²) in [6, 6.07) is 3.76. The molecule has 0 unspecified atom stereocenters. The number of alkyl halides is 3. The lowest BCUT2D eigenvalue weighted by Gasteiger charge is -2.25. The van der Waals surface area contributed by atoms with E-state index >= 15 is 0 Å². The molecule has 2 amide bonds. The van der Waals surface area contributed by atoms with Crippen LogP contribution in [-0.2, 0) is 0 Å². The maximum absolute atomic E-state index is 12.9. The second kappa shape index (κ2) is 6.67. The van der Waals surface area contributed by atoms with Gasteiger partial charge >= 0.3 is 12.2 Å². The minimum atomic E-state index is -4.50. The van der Waals surface area contributed by atoms with Gasteiger partial charge in [0.2, 0.25) is 0 Å². The molecule has 0 saturated carbocycles. The lowest BCUT2D eigenvalue weighted by Crippen LogP contribution is -2.50. The minimum absolute atomic E-state index is 0.360. The predicted octanol–water partition coefficient (Wildman–Crippen LogP) is 2.98. The van der Waals surface area contributed by atoms with Crippen molar-refractivity contribution in [3.63, 3.8) is 0 Å². The van der Waals surface area contributed by atoms with Crippen LogP contribution in [0.2, 0.25) is 0 Å². The summed E-state index contributed by atoms with van der Waals surface area (Å²) >= 11 is 0. The normalized spacial score (nSPS) is 13.0. The van der Waals surface area contributed by atoms with Crippen LogP contribution in [0.4, 0.5) is 23.7 Å². The quantitative estimate of drug-likeness (QED) is 0.907. The van der Waals surface area contributed by atoms with Gasteiger partial charge in [0.15, 0.2) is 0 Å². The number of carbonyl (C=O) groups is 1. The Morgan fingerprint density at radius 3 is 2.43 bits per heavy atom. The van der Waals surface area contributed by atoms with Crippen molar-refractivity contribution < 1.29 is 18.0 Å². The zero-order valence-electron chi connectivity index (χ0n) is 12.5. The number of urea groups is 1. The Balaban J connectivity index is 2.07. The largest absolute Gasteiger partial charge is 0.408 e. The molecule has 2 N–H and O–H groups in total. The van der Waals surface area contributed by atoms with E-state index in [0.29, 0.717) is 11.4 Å². The molecular formula is C14H16F3N5O. The molecule has 0 aliphatic carbocycles. The van der Waals surface area contributed by atoms with Gasteiger partial charge in [-0.2, -0.15) is 13.2 Å². The third-order valence-corrected chi connectivity index (χ3v) is 3.13. The lowest BCUT2D eigenvalue weighted by atomic mass is 10.0. The Bertz CT molecular complexity index is 655. The third kappa shape index (κ3) is 4.44. The van der Waals surface area contributed by atoms with Crippen molar-refractivity contribution in [1.82, 2.24) is 20.1 Å². The van der Waals surface area contributed by atoms with Crippen LogP contribution < -0.4 is 10.6 Å². The molecule has 1 aromatic carbocycles. The van der Waals surface area contributed by atoms with Crippen molar-refractivity contribution in [2.75, 3.05) is 5.32 Å². The van der Waals surface area contributed by atoms with Crippen molar-refractivity contribution in [3.8, 4) is 5.69 Å². The van der Waals surface area contributed by atoms with E-state index in [4.69, 9.17) is 0 Å². The topological polar surface area (TPSA) is 71.8 Å². The first-order chi connectivity index (χ1) is 10.8. The van der Waals surface area contributed by atoms with E-state index < -0.39 is 24.2 Å². The van der Waals surface area contributed by atoms with Crippen molar-refractivity contribution in [3.05, 3.63) is 36.9 Å². The van der Waals surface area contributed by atoms with E-state index in [9.17, 15) is 18.0 Å². The molecular weight excluding hydrogens is 311 g/mol. The molecule has 0 spiro atoms. The fourth-order valence-corrected chi connectivity index (χ4v) is 2.01. The van der Waals surface area contributed by atoms with Crippen LogP contribution in [0, 0.1) is 5.92 Å². The summed E-state index contributed by atoms with van der Waals surface area (Å²) in [5.41, 5.74) is 1.03. The van der Waals surface area contributed by atoms with Crippen molar-refractivity contribution in [1.29, 1.82) is 0 Å². The molecule has 1 heterocycles. The fourth-order valence-electron chi connectivity index (χ4n) is 2.01. The summed E-state index contributed by atoms with van der Waals surface area (Å²) in [6.45, 7) is 2.79. The van der Waals surface area contributed by atoms with Gasteiger partial charge in [-0.15, -0.1) is 10.2 Å². The zero-order chi connectivity index (χ0) is 17.0. The molecule has 0 aliphatic heterocycles. The molecule has 1 aromatic heterocycles. The van der Waals surface area contributed by atoms with Crippen molar-refractivity contribution >= 4 is 11.7 Å². The molecule has 9 heteroatoms. The number of nitrogens with zero attached hydrogens (tertiary/aromatic N) is 3. The highest BCUT2D eigenvalue weighted by Gasteiger charge is 2.42. The van der Waals surface area contributed by atoms with Crippen LogP contribution in [0.25, 0.3) is 5.69 Å². The van der Waals surface area contributed by atoms with Gasteiger partial charge in [-0.05, 0) is 24.1 Å². The summed E-state index contributed by atoms with van der Waals surface area (Å²) in [7, 11) is 0. The molecule has 2 aromatic rings. The number of carbonyl (C=O) groups excluding carboxylic acids is 1. The summed E-state index contributed by atoms with van der Waals surface area (Å²) in [5.74, 6) is -0.774. The lowest BCUT2D eigenvalue weighted by molar-refractivity contribution is -0.162.